The molecule has 35 heavy (non-hydrogen) atoms. The third kappa shape index (κ3) is 4.97. The first-order valence-electron chi connectivity index (χ1n) is 11.8. The standard InChI is InChI=1S/C29H30N2O4/c1-5-20-8-10-22(11-9-20)26-25(27(32)23-12-13-24(19(4)15-23)35-18(2)3)28(33)29(34)31(26)17-21-7-6-14-30-16-21/h6-16,18,26,32H,5,17H2,1-4H3/b27-25+/t26-/m0/s1. The number of aromatic nitrogens is 1. The fourth-order valence-electron chi connectivity index (χ4n) is 4.35. The van der Waals surface area contributed by atoms with Crippen molar-refractivity contribution in [3.8, 4) is 5.75 Å². The average molecular weight is 471 g/mol. The molecule has 1 aliphatic heterocycles. The van der Waals surface area contributed by atoms with Crippen molar-refractivity contribution in [1.82, 2.24) is 9.88 Å². The first-order valence-corrected chi connectivity index (χ1v) is 11.8. The first kappa shape index (κ1) is 24.2. The van der Waals surface area contributed by atoms with Crippen molar-refractivity contribution in [3.63, 3.8) is 0 Å². The van der Waals surface area contributed by atoms with Crippen LogP contribution in [0.3, 0.4) is 0 Å². The van der Waals surface area contributed by atoms with Gasteiger partial charge in [0.2, 0.25) is 0 Å². The Hall–Kier alpha value is -3.93. The Labute approximate surface area is 205 Å². The van der Waals surface area contributed by atoms with E-state index in [4.69, 9.17) is 4.74 Å². The van der Waals surface area contributed by atoms with Crippen molar-refractivity contribution >= 4 is 17.4 Å². The lowest BCUT2D eigenvalue weighted by Gasteiger charge is -2.25. The van der Waals surface area contributed by atoms with Gasteiger partial charge < -0.3 is 14.7 Å². The van der Waals surface area contributed by atoms with Gasteiger partial charge >= 0.3 is 0 Å². The van der Waals surface area contributed by atoms with Crippen molar-refractivity contribution in [2.24, 2.45) is 0 Å². The van der Waals surface area contributed by atoms with E-state index in [0.29, 0.717) is 11.3 Å². The molecule has 1 aliphatic rings. The van der Waals surface area contributed by atoms with Crippen LogP contribution in [-0.2, 0) is 22.6 Å². The molecule has 0 aliphatic carbocycles. The zero-order valence-corrected chi connectivity index (χ0v) is 20.5. The number of aliphatic hydroxyl groups is 1. The van der Waals surface area contributed by atoms with Crippen LogP contribution in [0.5, 0.6) is 5.75 Å². The van der Waals surface area contributed by atoms with E-state index < -0.39 is 17.7 Å². The van der Waals surface area contributed by atoms with Crippen LogP contribution in [0, 0.1) is 6.92 Å². The normalized spacial score (nSPS) is 17.3. The van der Waals surface area contributed by atoms with Crippen molar-refractivity contribution in [1.29, 1.82) is 0 Å². The van der Waals surface area contributed by atoms with Crippen molar-refractivity contribution in [2.45, 2.75) is 52.8 Å². The molecule has 4 rings (SSSR count). The lowest BCUT2D eigenvalue weighted by atomic mass is 9.94. The van der Waals surface area contributed by atoms with Crippen molar-refractivity contribution in [2.75, 3.05) is 0 Å². The Balaban J connectivity index is 1.82. The van der Waals surface area contributed by atoms with Gasteiger partial charge in [-0.15, -0.1) is 0 Å². The second kappa shape index (κ2) is 10.1. The van der Waals surface area contributed by atoms with Crippen molar-refractivity contribution < 1.29 is 19.4 Å². The van der Waals surface area contributed by atoms with E-state index in [0.717, 1.165) is 28.7 Å². The Morgan fingerprint density at radius 1 is 1.09 bits per heavy atom. The Morgan fingerprint density at radius 2 is 1.83 bits per heavy atom. The quantitative estimate of drug-likeness (QED) is 0.286. The molecule has 1 N–H and O–H groups in total. The smallest absolute Gasteiger partial charge is 0.295 e. The lowest BCUT2D eigenvalue weighted by Crippen LogP contribution is -2.29. The summed E-state index contributed by atoms with van der Waals surface area (Å²) in [5, 5.41) is 11.3. The van der Waals surface area contributed by atoms with Gasteiger partial charge in [0.1, 0.15) is 11.5 Å². The number of aliphatic hydroxyl groups excluding tert-OH is 1. The number of carbonyl (C=O) groups excluding carboxylic acids is 2. The van der Waals surface area contributed by atoms with Gasteiger partial charge in [0.15, 0.2) is 0 Å². The number of Topliss-reactive ketones (excluding diaryl/α,β-unsaturated/α-hetero) is 1. The molecule has 0 spiro atoms. The number of hydrogen-bond acceptors (Lipinski definition) is 5. The summed E-state index contributed by atoms with van der Waals surface area (Å²) in [6.45, 7) is 8.05. The lowest BCUT2D eigenvalue weighted by molar-refractivity contribution is -0.140. The summed E-state index contributed by atoms with van der Waals surface area (Å²) in [6, 6.07) is 16.0. The van der Waals surface area contributed by atoms with Crippen molar-refractivity contribution in [3.05, 3.63) is 100 Å². The van der Waals surface area contributed by atoms with Gasteiger partial charge in [0.05, 0.1) is 17.7 Å². The first-order chi connectivity index (χ1) is 16.8. The number of ether oxygens (including phenoxy) is 1. The second-order valence-electron chi connectivity index (χ2n) is 9.03. The molecule has 0 unspecified atom stereocenters. The number of pyridine rings is 1. The average Bonchev–Trinajstić information content (AvgIpc) is 3.10. The van der Waals surface area contributed by atoms with Gasteiger partial charge in [-0.1, -0.05) is 37.3 Å². The van der Waals surface area contributed by atoms with E-state index in [1.165, 1.54) is 4.90 Å². The van der Waals surface area contributed by atoms with Crippen LogP contribution in [0.4, 0.5) is 0 Å². The molecule has 0 bridgehead atoms. The summed E-state index contributed by atoms with van der Waals surface area (Å²) in [5.74, 6) is -0.825. The zero-order chi connectivity index (χ0) is 25.1. The maximum Gasteiger partial charge on any atom is 0.295 e. The summed E-state index contributed by atoms with van der Waals surface area (Å²) in [7, 11) is 0. The summed E-state index contributed by atoms with van der Waals surface area (Å²) in [6.07, 6.45) is 4.22. The highest BCUT2D eigenvalue weighted by atomic mass is 16.5. The Kier molecular flexibility index (Phi) is 7.01. The van der Waals surface area contributed by atoms with Crippen LogP contribution in [0.15, 0.2) is 72.6 Å². The zero-order valence-electron chi connectivity index (χ0n) is 20.5. The predicted octanol–water partition coefficient (Wildman–Crippen LogP) is 5.36. The third-order valence-corrected chi connectivity index (χ3v) is 6.13. The maximum absolute atomic E-state index is 13.3. The minimum Gasteiger partial charge on any atom is -0.507 e. The minimum absolute atomic E-state index is 0.0111. The number of nitrogens with zero attached hydrogens (tertiary/aromatic N) is 2. The maximum atomic E-state index is 13.3. The van der Waals surface area contributed by atoms with Gasteiger partial charge in [-0.05, 0) is 73.7 Å². The predicted molar refractivity (Wildman–Crippen MR) is 135 cm³/mol. The van der Waals surface area contributed by atoms with E-state index in [1.807, 2.05) is 51.1 Å². The van der Waals surface area contributed by atoms with Crippen LogP contribution >= 0.6 is 0 Å². The van der Waals surface area contributed by atoms with E-state index >= 15 is 0 Å². The molecule has 180 valence electrons. The van der Waals surface area contributed by atoms with Crippen LogP contribution in [0.2, 0.25) is 0 Å². The molecule has 1 aromatic heterocycles. The molecule has 0 saturated carbocycles. The fraction of sp³-hybridized carbons (Fsp3) is 0.276. The van der Waals surface area contributed by atoms with Gasteiger partial charge in [0.25, 0.3) is 11.7 Å². The van der Waals surface area contributed by atoms with Gasteiger partial charge in [-0.25, -0.2) is 0 Å². The molecule has 2 heterocycles. The van der Waals surface area contributed by atoms with E-state index in [-0.39, 0.29) is 24.0 Å². The molecule has 6 nitrogen and oxygen atoms in total. The molecule has 1 fully saturated rings. The summed E-state index contributed by atoms with van der Waals surface area (Å²) >= 11 is 0. The SMILES string of the molecule is CCc1ccc([C@H]2/C(=C(\O)c3ccc(OC(C)C)c(C)c3)C(=O)C(=O)N2Cc2cccnc2)cc1. The van der Waals surface area contributed by atoms with Crippen LogP contribution in [0.1, 0.15) is 54.6 Å². The van der Waals surface area contributed by atoms with Gasteiger partial charge in [0, 0.05) is 24.5 Å². The number of ketones is 1. The number of rotatable bonds is 7. The molecule has 6 heteroatoms. The van der Waals surface area contributed by atoms with Gasteiger partial charge in [-0.2, -0.15) is 0 Å². The van der Waals surface area contributed by atoms with Crippen LogP contribution in [0.25, 0.3) is 5.76 Å². The van der Waals surface area contributed by atoms with Crippen LogP contribution in [-0.4, -0.2) is 32.8 Å². The summed E-state index contributed by atoms with van der Waals surface area (Å²) < 4.78 is 5.81. The number of amides is 1. The molecule has 1 atom stereocenters. The second-order valence-corrected chi connectivity index (χ2v) is 9.03. The minimum atomic E-state index is -0.715. The van der Waals surface area contributed by atoms with E-state index in [9.17, 15) is 14.7 Å². The molecular weight excluding hydrogens is 440 g/mol. The molecule has 1 amide bonds. The topological polar surface area (TPSA) is 79.7 Å². The van der Waals surface area contributed by atoms with Crippen LogP contribution < -0.4 is 4.74 Å². The number of likely N-dealkylation sites (tertiary alicyclic amines) is 1. The summed E-state index contributed by atoms with van der Waals surface area (Å²) in [5.41, 5.74) is 4.10. The Bertz CT molecular complexity index is 1260. The molecule has 0 radical (unpaired) electrons. The molecular formula is C29H30N2O4. The van der Waals surface area contributed by atoms with E-state index in [2.05, 4.69) is 11.9 Å². The highest BCUT2D eigenvalue weighted by Gasteiger charge is 2.46. The van der Waals surface area contributed by atoms with E-state index in [1.54, 1.807) is 36.7 Å². The van der Waals surface area contributed by atoms with Gasteiger partial charge in [-0.3, -0.25) is 14.6 Å². The fourth-order valence-corrected chi connectivity index (χ4v) is 4.35. The summed E-state index contributed by atoms with van der Waals surface area (Å²) in [4.78, 5) is 32.1. The molecule has 2 aromatic carbocycles. The highest BCUT2D eigenvalue weighted by molar-refractivity contribution is 6.46. The number of aryl methyl sites for hydroxylation is 2. The number of benzene rings is 2. The number of hydrogen-bond donors (Lipinski definition) is 1. The largest absolute Gasteiger partial charge is 0.507 e. The third-order valence-electron chi connectivity index (χ3n) is 6.13. The highest BCUT2D eigenvalue weighted by Crippen LogP contribution is 2.40. The monoisotopic (exact) mass is 470 g/mol. The Morgan fingerprint density at radius 3 is 2.43 bits per heavy atom. The number of carbonyl (C=O) groups is 2. The molecule has 3 aromatic rings. The molecule has 1 saturated heterocycles.